The summed E-state index contributed by atoms with van der Waals surface area (Å²) in [6.45, 7) is 6.49. The summed E-state index contributed by atoms with van der Waals surface area (Å²) >= 11 is 0. The highest BCUT2D eigenvalue weighted by Crippen LogP contribution is 2.22. The summed E-state index contributed by atoms with van der Waals surface area (Å²) in [6.07, 6.45) is 1.65. The van der Waals surface area contributed by atoms with Gasteiger partial charge in [0, 0.05) is 23.7 Å². The molecule has 0 atom stereocenters. The van der Waals surface area contributed by atoms with Crippen molar-refractivity contribution in [1.29, 1.82) is 0 Å². The molecule has 0 aliphatic carbocycles. The van der Waals surface area contributed by atoms with Crippen molar-refractivity contribution < 1.29 is 9.53 Å². The summed E-state index contributed by atoms with van der Waals surface area (Å²) in [7, 11) is 1.62. The molecular formula is C18H20N4O2. The number of anilines is 1. The maximum Gasteiger partial charge on any atom is 0.259 e. The fourth-order valence-electron chi connectivity index (χ4n) is 2.82. The van der Waals surface area contributed by atoms with Crippen molar-refractivity contribution in [2.45, 2.75) is 27.3 Å². The number of carbonyl (C=O) groups excluding carboxylic acids is 1. The molecule has 0 aliphatic rings. The van der Waals surface area contributed by atoms with Gasteiger partial charge >= 0.3 is 0 Å². The predicted molar refractivity (Wildman–Crippen MR) is 93.6 cm³/mol. The van der Waals surface area contributed by atoms with E-state index in [-0.39, 0.29) is 5.91 Å². The van der Waals surface area contributed by atoms with Crippen molar-refractivity contribution in [2.24, 2.45) is 0 Å². The number of benzene rings is 1. The van der Waals surface area contributed by atoms with E-state index in [9.17, 15) is 4.79 Å². The number of aryl methyl sites for hydroxylation is 2. The summed E-state index contributed by atoms with van der Waals surface area (Å²) < 4.78 is 7.02. The van der Waals surface area contributed by atoms with Crippen LogP contribution < -0.4 is 10.1 Å². The Labute approximate surface area is 140 Å². The highest BCUT2D eigenvalue weighted by atomic mass is 16.5. The van der Waals surface area contributed by atoms with Gasteiger partial charge in [-0.15, -0.1) is 0 Å². The van der Waals surface area contributed by atoms with E-state index in [0.29, 0.717) is 11.3 Å². The van der Waals surface area contributed by atoms with Gasteiger partial charge in [0.2, 0.25) is 0 Å². The molecule has 124 valence electrons. The average Bonchev–Trinajstić information content (AvgIpc) is 2.88. The number of aromatic nitrogens is 3. The predicted octanol–water partition coefficient (Wildman–Crippen LogP) is 3.33. The third-order valence-electron chi connectivity index (χ3n) is 4.06. The molecule has 24 heavy (non-hydrogen) atoms. The molecule has 0 saturated heterocycles. The molecule has 3 rings (SSSR count). The molecule has 0 bridgehead atoms. The number of hydrogen-bond acceptors (Lipinski definition) is 4. The first-order valence-electron chi connectivity index (χ1n) is 7.82. The van der Waals surface area contributed by atoms with E-state index < -0.39 is 0 Å². The van der Waals surface area contributed by atoms with Crippen LogP contribution in [0, 0.1) is 13.8 Å². The van der Waals surface area contributed by atoms with Crippen LogP contribution in [0.1, 0.15) is 28.7 Å². The van der Waals surface area contributed by atoms with E-state index in [2.05, 4.69) is 15.4 Å². The molecule has 3 aromatic rings. The molecule has 2 heterocycles. The standard InChI is InChI=1S/C18H20N4O2/c1-5-22-12(3)17(11(2)21-22)18(23)20-14-8-13-6-7-15(24-4)9-16(13)19-10-14/h6-10H,5H2,1-4H3,(H,20,23). The van der Waals surface area contributed by atoms with Gasteiger partial charge in [-0.3, -0.25) is 14.5 Å². The second-order valence-electron chi connectivity index (χ2n) is 5.60. The highest BCUT2D eigenvalue weighted by molar-refractivity contribution is 6.06. The average molecular weight is 324 g/mol. The topological polar surface area (TPSA) is 69.0 Å². The van der Waals surface area contributed by atoms with Crippen molar-refractivity contribution in [2.75, 3.05) is 12.4 Å². The summed E-state index contributed by atoms with van der Waals surface area (Å²) in [5.41, 5.74) is 3.68. The van der Waals surface area contributed by atoms with Crippen LogP contribution in [0.5, 0.6) is 5.75 Å². The zero-order chi connectivity index (χ0) is 17.3. The fourth-order valence-corrected chi connectivity index (χ4v) is 2.82. The van der Waals surface area contributed by atoms with Crippen LogP contribution in [0.4, 0.5) is 5.69 Å². The van der Waals surface area contributed by atoms with Crippen LogP contribution in [-0.4, -0.2) is 27.8 Å². The molecule has 1 aromatic carbocycles. The number of amides is 1. The van der Waals surface area contributed by atoms with E-state index in [1.54, 1.807) is 13.3 Å². The lowest BCUT2D eigenvalue weighted by atomic mass is 10.1. The van der Waals surface area contributed by atoms with Gasteiger partial charge < -0.3 is 10.1 Å². The quantitative estimate of drug-likeness (QED) is 0.799. The molecule has 6 heteroatoms. The first-order valence-corrected chi connectivity index (χ1v) is 7.82. The van der Waals surface area contributed by atoms with E-state index in [1.165, 1.54) is 0 Å². The van der Waals surface area contributed by atoms with Crippen molar-refractivity contribution in [3.05, 3.63) is 47.4 Å². The van der Waals surface area contributed by atoms with Crippen molar-refractivity contribution in [1.82, 2.24) is 14.8 Å². The maximum atomic E-state index is 12.6. The first kappa shape index (κ1) is 16.0. The molecule has 2 aromatic heterocycles. The van der Waals surface area contributed by atoms with Crippen LogP contribution in [0.3, 0.4) is 0 Å². The second-order valence-corrected chi connectivity index (χ2v) is 5.60. The third kappa shape index (κ3) is 2.82. The Balaban J connectivity index is 1.89. The molecule has 0 aliphatic heterocycles. The van der Waals surface area contributed by atoms with E-state index in [1.807, 2.05) is 49.7 Å². The Morgan fingerprint density at radius 3 is 2.75 bits per heavy atom. The summed E-state index contributed by atoms with van der Waals surface area (Å²) in [5.74, 6) is 0.587. The minimum Gasteiger partial charge on any atom is -0.497 e. The molecule has 0 radical (unpaired) electrons. The Kier molecular flexibility index (Phi) is 4.20. The molecule has 0 fully saturated rings. The van der Waals surface area contributed by atoms with Gasteiger partial charge in [0.05, 0.1) is 35.8 Å². The van der Waals surface area contributed by atoms with Crippen molar-refractivity contribution in [3.8, 4) is 5.75 Å². The Morgan fingerprint density at radius 2 is 2.08 bits per heavy atom. The summed E-state index contributed by atoms with van der Waals surface area (Å²) in [4.78, 5) is 17.0. The SMILES string of the molecule is CCn1nc(C)c(C(=O)Nc2cnc3cc(OC)ccc3c2)c1C. The minimum atomic E-state index is -0.167. The highest BCUT2D eigenvalue weighted by Gasteiger charge is 2.18. The number of pyridine rings is 1. The number of ether oxygens (including phenoxy) is 1. The molecule has 1 amide bonds. The van der Waals surface area contributed by atoms with Crippen LogP contribution >= 0.6 is 0 Å². The Bertz CT molecular complexity index is 915. The Morgan fingerprint density at radius 1 is 1.29 bits per heavy atom. The first-order chi connectivity index (χ1) is 11.5. The number of rotatable bonds is 4. The molecular weight excluding hydrogens is 304 g/mol. The molecule has 0 saturated carbocycles. The van der Waals surface area contributed by atoms with Gasteiger partial charge in [-0.05, 0) is 39.0 Å². The zero-order valence-electron chi connectivity index (χ0n) is 14.3. The largest absolute Gasteiger partial charge is 0.497 e. The number of carbonyl (C=O) groups is 1. The lowest BCUT2D eigenvalue weighted by Gasteiger charge is -2.08. The van der Waals surface area contributed by atoms with Crippen LogP contribution in [0.2, 0.25) is 0 Å². The van der Waals surface area contributed by atoms with Gasteiger partial charge in [0.1, 0.15) is 5.75 Å². The maximum absolute atomic E-state index is 12.6. The lowest BCUT2D eigenvalue weighted by Crippen LogP contribution is -2.14. The Hall–Kier alpha value is -2.89. The number of methoxy groups -OCH3 is 1. The van der Waals surface area contributed by atoms with Crippen LogP contribution in [0.25, 0.3) is 10.9 Å². The van der Waals surface area contributed by atoms with Crippen molar-refractivity contribution in [3.63, 3.8) is 0 Å². The third-order valence-corrected chi connectivity index (χ3v) is 4.06. The van der Waals surface area contributed by atoms with E-state index in [0.717, 1.165) is 34.6 Å². The van der Waals surface area contributed by atoms with Gasteiger partial charge in [-0.1, -0.05) is 0 Å². The molecule has 6 nitrogen and oxygen atoms in total. The van der Waals surface area contributed by atoms with Gasteiger partial charge in [-0.25, -0.2) is 0 Å². The van der Waals surface area contributed by atoms with E-state index in [4.69, 9.17) is 4.74 Å². The van der Waals surface area contributed by atoms with Gasteiger partial charge in [0.15, 0.2) is 0 Å². The van der Waals surface area contributed by atoms with Gasteiger partial charge in [0.25, 0.3) is 5.91 Å². The van der Waals surface area contributed by atoms with E-state index >= 15 is 0 Å². The molecule has 1 N–H and O–H groups in total. The van der Waals surface area contributed by atoms with Gasteiger partial charge in [-0.2, -0.15) is 5.10 Å². The smallest absolute Gasteiger partial charge is 0.259 e. The lowest BCUT2D eigenvalue weighted by molar-refractivity contribution is 0.102. The zero-order valence-corrected chi connectivity index (χ0v) is 14.3. The molecule has 0 spiro atoms. The summed E-state index contributed by atoms with van der Waals surface area (Å²) in [6, 6.07) is 7.55. The number of hydrogen-bond donors (Lipinski definition) is 1. The molecule has 0 unspecified atom stereocenters. The van der Waals surface area contributed by atoms with Crippen molar-refractivity contribution >= 4 is 22.5 Å². The second kappa shape index (κ2) is 6.31. The normalized spacial score (nSPS) is 10.8. The van der Waals surface area contributed by atoms with Crippen LogP contribution in [0.15, 0.2) is 30.5 Å². The fraction of sp³-hybridized carbons (Fsp3) is 0.278. The summed E-state index contributed by atoms with van der Waals surface area (Å²) in [5, 5.41) is 8.24. The minimum absolute atomic E-state index is 0.167. The monoisotopic (exact) mass is 324 g/mol. The number of fused-ring (bicyclic) bond motifs is 1. The number of nitrogens with zero attached hydrogens (tertiary/aromatic N) is 3. The van der Waals surface area contributed by atoms with Crippen LogP contribution in [-0.2, 0) is 6.54 Å². The number of nitrogens with one attached hydrogen (secondary N) is 1.